The second kappa shape index (κ2) is 6.91. The van der Waals surface area contributed by atoms with Crippen LogP contribution in [-0.2, 0) is 11.2 Å². The van der Waals surface area contributed by atoms with Gasteiger partial charge in [-0.2, -0.15) is 5.01 Å². The largest absolute Gasteiger partial charge is 0.344 e. The van der Waals surface area contributed by atoms with Crippen LogP contribution in [0.3, 0.4) is 0 Å². The Morgan fingerprint density at radius 1 is 1.19 bits per heavy atom. The summed E-state index contributed by atoms with van der Waals surface area (Å²) >= 11 is 0. The van der Waals surface area contributed by atoms with Gasteiger partial charge in [-0.15, -0.1) is 0 Å². The van der Waals surface area contributed by atoms with Crippen LogP contribution in [0.15, 0.2) is 42.7 Å². The first-order valence-corrected chi connectivity index (χ1v) is 8.19. The van der Waals surface area contributed by atoms with E-state index in [0.717, 1.165) is 5.56 Å². The molecule has 4 amide bonds. The van der Waals surface area contributed by atoms with E-state index in [1.54, 1.807) is 13.8 Å². The van der Waals surface area contributed by atoms with Crippen LogP contribution in [0.5, 0.6) is 0 Å². The maximum Gasteiger partial charge on any atom is 0.344 e. The lowest BCUT2D eigenvalue weighted by atomic mass is 9.93. The number of aromatic nitrogens is 2. The number of urea groups is 1. The molecule has 1 atom stereocenters. The molecule has 0 unspecified atom stereocenters. The molecule has 0 bridgehead atoms. The molecule has 26 heavy (non-hydrogen) atoms. The van der Waals surface area contributed by atoms with Crippen LogP contribution in [0.4, 0.5) is 4.79 Å². The van der Waals surface area contributed by atoms with E-state index in [1.165, 1.54) is 12.4 Å². The highest BCUT2D eigenvalue weighted by molar-refractivity contribution is 6.08. The van der Waals surface area contributed by atoms with Gasteiger partial charge in [0.15, 0.2) is 0 Å². The van der Waals surface area contributed by atoms with E-state index >= 15 is 0 Å². The molecule has 1 aromatic carbocycles. The molecule has 8 heteroatoms. The van der Waals surface area contributed by atoms with Gasteiger partial charge < -0.3 is 5.32 Å². The Hall–Kier alpha value is -3.29. The van der Waals surface area contributed by atoms with Crippen molar-refractivity contribution in [3.63, 3.8) is 0 Å². The van der Waals surface area contributed by atoms with E-state index in [4.69, 9.17) is 0 Å². The molecule has 3 rings (SSSR count). The molecule has 1 aliphatic heterocycles. The lowest BCUT2D eigenvalue weighted by molar-refractivity contribution is -0.132. The Morgan fingerprint density at radius 2 is 1.92 bits per heavy atom. The fourth-order valence-corrected chi connectivity index (χ4v) is 2.66. The third kappa shape index (κ3) is 3.53. The molecule has 2 heterocycles. The van der Waals surface area contributed by atoms with Gasteiger partial charge in [-0.25, -0.2) is 9.78 Å². The van der Waals surface area contributed by atoms with Crippen LogP contribution in [0.1, 0.15) is 35.1 Å². The number of benzene rings is 1. The highest BCUT2D eigenvalue weighted by atomic mass is 16.2. The number of aryl methyl sites for hydroxylation is 2. The van der Waals surface area contributed by atoms with E-state index in [-0.39, 0.29) is 5.69 Å². The zero-order valence-corrected chi connectivity index (χ0v) is 14.5. The van der Waals surface area contributed by atoms with Crippen LogP contribution in [-0.4, -0.2) is 38.4 Å². The van der Waals surface area contributed by atoms with Crippen molar-refractivity contribution < 1.29 is 14.4 Å². The molecule has 0 spiro atoms. The third-order valence-corrected chi connectivity index (χ3v) is 4.24. The van der Waals surface area contributed by atoms with E-state index < -0.39 is 23.4 Å². The van der Waals surface area contributed by atoms with Crippen molar-refractivity contribution in [3.8, 4) is 0 Å². The Kier molecular flexibility index (Phi) is 4.66. The number of hydrogen-bond acceptors (Lipinski definition) is 5. The highest BCUT2D eigenvalue weighted by Gasteiger charge is 2.48. The van der Waals surface area contributed by atoms with Crippen molar-refractivity contribution in [2.24, 2.45) is 0 Å². The summed E-state index contributed by atoms with van der Waals surface area (Å²) in [5.74, 6) is -1.18. The molecule has 1 aliphatic rings. The van der Waals surface area contributed by atoms with Crippen LogP contribution >= 0.6 is 0 Å². The van der Waals surface area contributed by atoms with Crippen molar-refractivity contribution >= 4 is 17.8 Å². The summed E-state index contributed by atoms with van der Waals surface area (Å²) in [5, 5.41) is 3.36. The van der Waals surface area contributed by atoms with Crippen LogP contribution in [0.2, 0.25) is 0 Å². The van der Waals surface area contributed by atoms with Gasteiger partial charge >= 0.3 is 6.03 Å². The summed E-state index contributed by atoms with van der Waals surface area (Å²) in [5.41, 5.74) is 2.96. The summed E-state index contributed by atoms with van der Waals surface area (Å²) in [6, 6.07) is 9.00. The smallest absolute Gasteiger partial charge is 0.322 e. The van der Waals surface area contributed by atoms with E-state index in [1.807, 2.05) is 30.3 Å². The molecule has 1 fully saturated rings. The van der Waals surface area contributed by atoms with Gasteiger partial charge in [0.1, 0.15) is 11.2 Å². The second-order valence-electron chi connectivity index (χ2n) is 6.37. The first-order valence-electron chi connectivity index (χ1n) is 8.19. The number of amides is 4. The SMILES string of the molecule is Cc1cnc(C(=O)NN2C(=O)N[C@@](C)(CCc3ccccc3)C2=O)cn1. The van der Waals surface area contributed by atoms with Gasteiger partial charge in [-0.3, -0.25) is 20.0 Å². The minimum Gasteiger partial charge on any atom is -0.322 e. The van der Waals surface area contributed by atoms with Crippen molar-refractivity contribution in [3.05, 3.63) is 59.7 Å². The Morgan fingerprint density at radius 3 is 2.58 bits per heavy atom. The number of rotatable bonds is 5. The van der Waals surface area contributed by atoms with E-state index in [2.05, 4.69) is 20.7 Å². The van der Waals surface area contributed by atoms with Crippen LogP contribution in [0, 0.1) is 6.92 Å². The second-order valence-corrected chi connectivity index (χ2v) is 6.37. The number of nitrogens with one attached hydrogen (secondary N) is 2. The van der Waals surface area contributed by atoms with Crippen molar-refractivity contribution in [1.82, 2.24) is 25.7 Å². The maximum atomic E-state index is 12.7. The summed E-state index contributed by atoms with van der Waals surface area (Å²) in [4.78, 5) is 45.0. The van der Waals surface area contributed by atoms with Crippen molar-refractivity contribution in [2.45, 2.75) is 32.2 Å². The molecule has 2 aromatic rings. The quantitative estimate of drug-likeness (QED) is 0.790. The zero-order valence-electron chi connectivity index (χ0n) is 14.5. The molecule has 1 aromatic heterocycles. The monoisotopic (exact) mass is 353 g/mol. The molecule has 0 radical (unpaired) electrons. The summed E-state index contributed by atoms with van der Waals surface area (Å²) in [6.45, 7) is 3.39. The average molecular weight is 353 g/mol. The van der Waals surface area contributed by atoms with Gasteiger partial charge in [-0.1, -0.05) is 30.3 Å². The van der Waals surface area contributed by atoms with Gasteiger partial charge in [0.2, 0.25) is 0 Å². The Bertz CT molecular complexity index is 838. The molecule has 134 valence electrons. The number of carbonyl (C=O) groups is 3. The van der Waals surface area contributed by atoms with Crippen LogP contribution < -0.4 is 10.7 Å². The molecular weight excluding hydrogens is 334 g/mol. The van der Waals surface area contributed by atoms with E-state index in [9.17, 15) is 14.4 Å². The number of hydrazine groups is 1. The van der Waals surface area contributed by atoms with Gasteiger partial charge in [-0.05, 0) is 32.3 Å². The van der Waals surface area contributed by atoms with Gasteiger partial charge in [0.05, 0.1) is 11.9 Å². The number of carbonyl (C=O) groups excluding carboxylic acids is 3. The van der Waals surface area contributed by atoms with E-state index in [0.29, 0.717) is 23.5 Å². The van der Waals surface area contributed by atoms with Gasteiger partial charge in [0, 0.05) is 6.20 Å². The fraction of sp³-hybridized carbons (Fsp3) is 0.278. The molecule has 0 saturated carbocycles. The Labute approximate surface area is 150 Å². The first-order chi connectivity index (χ1) is 12.4. The predicted octanol–water partition coefficient (Wildman–Crippen LogP) is 1.37. The molecule has 1 saturated heterocycles. The highest BCUT2D eigenvalue weighted by Crippen LogP contribution is 2.22. The number of imide groups is 1. The molecule has 8 nitrogen and oxygen atoms in total. The minimum absolute atomic E-state index is 0.0223. The number of nitrogens with zero attached hydrogens (tertiary/aromatic N) is 3. The van der Waals surface area contributed by atoms with Crippen molar-refractivity contribution in [2.75, 3.05) is 0 Å². The minimum atomic E-state index is -1.08. The van der Waals surface area contributed by atoms with Gasteiger partial charge in [0.25, 0.3) is 11.8 Å². The molecule has 2 N–H and O–H groups in total. The topological polar surface area (TPSA) is 104 Å². The summed E-state index contributed by atoms with van der Waals surface area (Å²) < 4.78 is 0. The fourth-order valence-electron chi connectivity index (χ4n) is 2.66. The van der Waals surface area contributed by atoms with Crippen molar-refractivity contribution in [1.29, 1.82) is 0 Å². The molecule has 0 aliphatic carbocycles. The summed E-state index contributed by atoms with van der Waals surface area (Å²) in [6.07, 6.45) is 3.76. The molecular formula is C18H19N5O3. The predicted molar refractivity (Wildman–Crippen MR) is 92.8 cm³/mol. The maximum absolute atomic E-state index is 12.7. The average Bonchev–Trinajstić information content (AvgIpc) is 2.85. The van der Waals surface area contributed by atoms with Crippen LogP contribution in [0.25, 0.3) is 0 Å². The zero-order chi connectivity index (χ0) is 18.7. The third-order valence-electron chi connectivity index (χ3n) is 4.24. The first kappa shape index (κ1) is 17.5. The normalized spacial score (nSPS) is 19.4. The lowest BCUT2D eigenvalue weighted by Crippen LogP contribution is -2.49. The number of hydrogen-bond donors (Lipinski definition) is 2. The Balaban J connectivity index is 1.67. The standard InChI is InChI=1S/C18H19N5O3/c1-12-10-20-14(11-19-12)15(24)22-23-16(25)18(2,21-17(23)26)9-8-13-6-4-3-5-7-13/h3-7,10-11H,8-9H2,1-2H3,(H,21,26)(H,22,24)/t18-/m0/s1. The lowest BCUT2D eigenvalue weighted by Gasteiger charge is -2.21. The summed E-state index contributed by atoms with van der Waals surface area (Å²) in [7, 11) is 0.